The molecule has 1 aliphatic rings. The quantitative estimate of drug-likeness (QED) is 0.623. The summed E-state index contributed by atoms with van der Waals surface area (Å²) in [5, 5.41) is 8.39. The Hall–Kier alpha value is -0.870. The van der Waals surface area contributed by atoms with Crippen LogP contribution in [0.2, 0.25) is 0 Å². The van der Waals surface area contributed by atoms with E-state index in [4.69, 9.17) is 15.6 Å². The minimum absolute atomic E-state index is 0.153. The van der Waals surface area contributed by atoms with Gasteiger partial charge in [0.05, 0.1) is 0 Å². The van der Waals surface area contributed by atoms with Gasteiger partial charge in [0.25, 0.3) is 0 Å². The average Bonchev–Trinajstić information content (AvgIpc) is 2.15. The zero-order valence-electron chi connectivity index (χ0n) is 7.48. The molecule has 4 nitrogen and oxygen atoms in total. The summed E-state index contributed by atoms with van der Waals surface area (Å²) in [6.45, 7) is 1.47. The van der Waals surface area contributed by atoms with Crippen molar-refractivity contribution in [1.29, 1.82) is 0 Å². The van der Waals surface area contributed by atoms with Gasteiger partial charge in [0.15, 0.2) is 0 Å². The number of rotatable bonds is 3. The van der Waals surface area contributed by atoms with Crippen molar-refractivity contribution in [1.82, 2.24) is 0 Å². The number of ether oxygens (including phenoxy) is 1. The number of hydrogen-bond donors (Lipinski definition) is 2. The van der Waals surface area contributed by atoms with E-state index in [1.54, 1.807) is 6.08 Å². The van der Waals surface area contributed by atoms with E-state index in [-0.39, 0.29) is 6.04 Å². The van der Waals surface area contributed by atoms with Gasteiger partial charge < -0.3 is 15.6 Å². The minimum atomic E-state index is -0.942. The summed E-state index contributed by atoms with van der Waals surface area (Å²) in [6, 6.07) is -0.153. The summed E-state index contributed by atoms with van der Waals surface area (Å²) < 4.78 is 5.18. The second-order valence-corrected chi connectivity index (χ2v) is 3.22. The molecule has 1 heterocycles. The van der Waals surface area contributed by atoms with Crippen LogP contribution < -0.4 is 5.73 Å². The lowest BCUT2D eigenvalue weighted by Gasteiger charge is -2.25. The fraction of sp³-hybridized carbons (Fsp3) is 0.667. The summed E-state index contributed by atoms with van der Waals surface area (Å²) in [7, 11) is 0. The Labute approximate surface area is 77.4 Å². The first kappa shape index (κ1) is 10.2. The third kappa shape index (κ3) is 3.57. The van der Waals surface area contributed by atoms with Gasteiger partial charge in [0.2, 0.25) is 0 Å². The van der Waals surface area contributed by atoms with Crippen molar-refractivity contribution in [3.05, 3.63) is 12.2 Å². The molecule has 0 radical (unpaired) electrons. The van der Waals surface area contributed by atoms with Crippen molar-refractivity contribution in [3.8, 4) is 0 Å². The number of nitrogens with two attached hydrogens (primary N) is 1. The maximum atomic E-state index is 10.2. The molecule has 0 amide bonds. The van der Waals surface area contributed by atoms with Crippen molar-refractivity contribution in [2.75, 3.05) is 13.2 Å². The minimum Gasteiger partial charge on any atom is -0.478 e. The SMILES string of the molecule is NC(/C=C/C(=O)O)C1CCOCC1. The van der Waals surface area contributed by atoms with E-state index in [1.165, 1.54) is 0 Å². The normalized spacial score (nSPS) is 21.9. The monoisotopic (exact) mass is 185 g/mol. The van der Waals surface area contributed by atoms with Crippen molar-refractivity contribution in [2.45, 2.75) is 18.9 Å². The van der Waals surface area contributed by atoms with Gasteiger partial charge in [0.1, 0.15) is 0 Å². The zero-order chi connectivity index (χ0) is 9.68. The van der Waals surface area contributed by atoms with Crippen molar-refractivity contribution >= 4 is 5.97 Å². The van der Waals surface area contributed by atoms with Crippen LogP contribution in [0.3, 0.4) is 0 Å². The molecule has 1 saturated heterocycles. The smallest absolute Gasteiger partial charge is 0.328 e. The average molecular weight is 185 g/mol. The van der Waals surface area contributed by atoms with E-state index in [9.17, 15) is 4.79 Å². The molecule has 74 valence electrons. The standard InChI is InChI=1S/C9H15NO3/c10-8(1-2-9(11)12)7-3-5-13-6-4-7/h1-2,7-8H,3-6,10H2,(H,11,12)/b2-1+. The van der Waals surface area contributed by atoms with Crippen LogP contribution in [0, 0.1) is 5.92 Å². The lowest BCUT2D eigenvalue weighted by atomic mass is 9.92. The van der Waals surface area contributed by atoms with Crippen LogP contribution >= 0.6 is 0 Å². The third-order valence-electron chi connectivity index (χ3n) is 2.27. The Morgan fingerprint density at radius 3 is 2.69 bits per heavy atom. The van der Waals surface area contributed by atoms with Gasteiger partial charge >= 0.3 is 5.97 Å². The molecule has 0 aliphatic carbocycles. The first-order valence-corrected chi connectivity index (χ1v) is 4.44. The van der Waals surface area contributed by atoms with Gasteiger partial charge in [-0.3, -0.25) is 0 Å². The first-order chi connectivity index (χ1) is 6.20. The summed E-state index contributed by atoms with van der Waals surface area (Å²) >= 11 is 0. The predicted octanol–water partition coefficient (Wildman–Crippen LogP) is 0.381. The topological polar surface area (TPSA) is 72.6 Å². The third-order valence-corrected chi connectivity index (χ3v) is 2.27. The Kier molecular flexibility index (Phi) is 3.92. The Morgan fingerprint density at radius 2 is 2.15 bits per heavy atom. The number of carboxylic acid groups (broad SMARTS) is 1. The number of carboxylic acids is 1. The van der Waals surface area contributed by atoms with Gasteiger partial charge in [-0.2, -0.15) is 0 Å². The van der Waals surface area contributed by atoms with Crippen LogP contribution in [0.5, 0.6) is 0 Å². The van der Waals surface area contributed by atoms with E-state index < -0.39 is 5.97 Å². The van der Waals surface area contributed by atoms with Gasteiger partial charge in [0, 0.05) is 25.3 Å². The molecule has 0 bridgehead atoms. The summed E-state index contributed by atoms with van der Waals surface area (Å²) in [5.41, 5.74) is 5.79. The molecule has 1 rings (SSSR count). The molecule has 0 spiro atoms. The summed E-state index contributed by atoms with van der Waals surface area (Å²) in [5.74, 6) is -0.577. The molecule has 1 unspecified atom stereocenters. The van der Waals surface area contributed by atoms with Gasteiger partial charge in [-0.25, -0.2) is 4.79 Å². The number of carbonyl (C=O) groups is 1. The van der Waals surface area contributed by atoms with Crippen LogP contribution in [-0.4, -0.2) is 30.3 Å². The van der Waals surface area contributed by atoms with E-state index in [1.807, 2.05) is 0 Å². The molecule has 1 fully saturated rings. The van der Waals surface area contributed by atoms with Crippen molar-refractivity contribution in [2.24, 2.45) is 11.7 Å². The fourth-order valence-corrected chi connectivity index (χ4v) is 1.45. The first-order valence-electron chi connectivity index (χ1n) is 4.44. The Bertz CT molecular complexity index is 197. The number of aliphatic carboxylic acids is 1. The van der Waals surface area contributed by atoms with Gasteiger partial charge in [-0.1, -0.05) is 6.08 Å². The molecule has 13 heavy (non-hydrogen) atoms. The second kappa shape index (κ2) is 4.99. The van der Waals surface area contributed by atoms with Crippen molar-refractivity contribution in [3.63, 3.8) is 0 Å². The molecule has 1 aliphatic heterocycles. The summed E-state index contributed by atoms with van der Waals surface area (Å²) in [6.07, 6.45) is 4.51. The lowest BCUT2D eigenvalue weighted by Crippen LogP contribution is -2.32. The maximum absolute atomic E-state index is 10.2. The van der Waals surface area contributed by atoms with Crippen LogP contribution in [0.15, 0.2) is 12.2 Å². The highest BCUT2D eigenvalue weighted by Gasteiger charge is 2.18. The molecule has 0 aromatic carbocycles. The molecular weight excluding hydrogens is 170 g/mol. The second-order valence-electron chi connectivity index (χ2n) is 3.22. The van der Waals surface area contributed by atoms with Crippen LogP contribution in [0.4, 0.5) is 0 Å². The molecule has 0 saturated carbocycles. The molecule has 0 aromatic heterocycles. The largest absolute Gasteiger partial charge is 0.478 e. The molecule has 1 atom stereocenters. The summed E-state index contributed by atoms with van der Waals surface area (Å²) in [4.78, 5) is 10.2. The predicted molar refractivity (Wildman–Crippen MR) is 48.3 cm³/mol. The molecule has 3 N–H and O–H groups in total. The maximum Gasteiger partial charge on any atom is 0.328 e. The van der Waals surface area contributed by atoms with Gasteiger partial charge in [-0.05, 0) is 18.8 Å². The van der Waals surface area contributed by atoms with E-state index in [2.05, 4.69) is 0 Å². The van der Waals surface area contributed by atoms with E-state index in [0.717, 1.165) is 32.1 Å². The molecule has 4 heteroatoms. The number of hydrogen-bond acceptors (Lipinski definition) is 3. The van der Waals surface area contributed by atoms with Crippen molar-refractivity contribution < 1.29 is 14.6 Å². The highest BCUT2D eigenvalue weighted by molar-refractivity contribution is 5.79. The van der Waals surface area contributed by atoms with E-state index >= 15 is 0 Å². The fourth-order valence-electron chi connectivity index (χ4n) is 1.45. The van der Waals surface area contributed by atoms with Crippen LogP contribution in [0.1, 0.15) is 12.8 Å². The lowest BCUT2D eigenvalue weighted by molar-refractivity contribution is -0.131. The van der Waals surface area contributed by atoms with Gasteiger partial charge in [-0.15, -0.1) is 0 Å². The highest BCUT2D eigenvalue weighted by atomic mass is 16.5. The molecular formula is C9H15NO3. The van der Waals surface area contributed by atoms with Crippen LogP contribution in [-0.2, 0) is 9.53 Å². The van der Waals surface area contributed by atoms with E-state index in [0.29, 0.717) is 5.92 Å². The Balaban J connectivity index is 2.36. The highest BCUT2D eigenvalue weighted by Crippen LogP contribution is 2.17. The zero-order valence-corrected chi connectivity index (χ0v) is 7.48. The molecule has 0 aromatic rings. The van der Waals surface area contributed by atoms with Crippen LogP contribution in [0.25, 0.3) is 0 Å². The Morgan fingerprint density at radius 1 is 1.54 bits per heavy atom.